The van der Waals surface area contributed by atoms with Crippen LogP contribution >= 0.6 is 0 Å². The summed E-state index contributed by atoms with van der Waals surface area (Å²) < 4.78 is 18.9. The highest BCUT2D eigenvalue weighted by atomic mass is 16.6. The number of nitrogens with two attached hydrogens (primary N) is 1. The molecule has 10 nitrogen and oxygen atoms in total. The molecule has 2 aliphatic heterocycles. The number of hydrogen-bond acceptors (Lipinski definition) is 8. The van der Waals surface area contributed by atoms with Gasteiger partial charge in [0.2, 0.25) is 0 Å². The lowest BCUT2D eigenvalue weighted by atomic mass is 9.43. The highest BCUT2D eigenvalue weighted by Crippen LogP contribution is 2.87. The van der Waals surface area contributed by atoms with Crippen molar-refractivity contribution in [2.45, 2.75) is 142 Å². The Kier molecular flexibility index (Phi) is 7.83. The molecule has 0 bridgehead atoms. The van der Waals surface area contributed by atoms with Gasteiger partial charge in [-0.05, 0) is 104 Å². The van der Waals surface area contributed by atoms with Crippen molar-refractivity contribution < 1.29 is 28.9 Å². The molecule has 6 N–H and O–H groups in total. The average molecular weight is 645 g/mol. The lowest BCUT2D eigenvalue weighted by Crippen LogP contribution is -2.70. The fraction of sp³-hybridized carbons (Fsp3) is 0.944. The zero-order chi connectivity index (χ0) is 33.0. The summed E-state index contributed by atoms with van der Waals surface area (Å²) in [5.74, 6) is 1.18. The minimum absolute atomic E-state index is 0.0771. The van der Waals surface area contributed by atoms with Gasteiger partial charge in [-0.15, -0.1) is 0 Å². The molecule has 0 aromatic heterocycles. The van der Waals surface area contributed by atoms with Gasteiger partial charge in [0.25, 0.3) is 0 Å². The van der Waals surface area contributed by atoms with Gasteiger partial charge in [0.1, 0.15) is 12.2 Å². The molecular weight excluding hydrogens is 584 g/mol. The van der Waals surface area contributed by atoms with Crippen molar-refractivity contribution in [2.24, 2.45) is 57.0 Å². The van der Waals surface area contributed by atoms with Crippen molar-refractivity contribution in [2.75, 3.05) is 19.6 Å². The van der Waals surface area contributed by atoms with Gasteiger partial charge in [0, 0.05) is 25.0 Å². The number of alkyl carbamates (subject to hydrolysis) is 2. The number of amides is 2. The van der Waals surface area contributed by atoms with Gasteiger partial charge in [-0.3, -0.25) is 0 Å². The first kappa shape index (κ1) is 32.9. The van der Waals surface area contributed by atoms with Crippen molar-refractivity contribution in [3.05, 3.63) is 0 Å². The number of aliphatic hydroxyl groups excluding tert-OH is 1. The number of aliphatic hydroxyl groups is 1. The van der Waals surface area contributed by atoms with Crippen LogP contribution in [0.25, 0.3) is 0 Å². The highest BCUT2D eigenvalue weighted by molar-refractivity contribution is 5.68. The zero-order valence-electron chi connectivity index (χ0n) is 29.2. The van der Waals surface area contributed by atoms with Crippen LogP contribution < -0.4 is 21.7 Å². The maximum atomic E-state index is 12.8. The van der Waals surface area contributed by atoms with Crippen LogP contribution in [-0.2, 0) is 14.2 Å². The Hall–Kier alpha value is -1.62. The first-order valence-corrected chi connectivity index (χ1v) is 18.4. The molecule has 10 heteroatoms. The van der Waals surface area contributed by atoms with Gasteiger partial charge in [-0.25, -0.2) is 9.59 Å². The summed E-state index contributed by atoms with van der Waals surface area (Å²) in [5.41, 5.74) is 6.95. The molecule has 13 atom stereocenters. The van der Waals surface area contributed by atoms with E-state index in [-0.39, 0.29) is 75.8 Å². The molecule has 7 rings (SSSR count). The third kappa shape index (κ3) is 4.34. The Labute approximate surface area is 275 Å². The normalized spacial score (nSPS) is 49.2. The first-order valence-electron chi connectivity index (χ1n) is 18.4. The minimum atomic E-state index is -0.779. The molecule has 0 aromatic carbocycles. The van der Waals surface area contributed by atoms with Crippen LogP contribution in [0.4, 0.5) is 9.59 Å². The molecule has 2 amide bonds. The molecule has 4 unspecified atom stereocenters. The summed E-state index contributed by atoms with van der Waals surface area (Å²) in [6.07, 6.45) is 5.39. The van der Waals surface area contributed by atoms with E-state index < -0.39 is 23.8 Å². The molecular formula is C36H60N4O6. The van der Waals surface area contributed by atoms with Crippen LogP contribution in [-0.4, -0.2) is 79.0 Å². The predicted octanol–water partition coefficient (Wildman–Crippen LogP) is 4.33. The van der Waals surface area contributed by atoms with Crippen LogP contribution in [0.3, 0.4) is 0 Å². The molecule has 260 valence electrons. The Morgan fingerprint density at radius 3 is 2.39 bits per heavy atom. The van der Waals surface area contributed by atoms with E-state index in [9.17, 15) is 14.7 Å². The van der Waals surface area contributed by atoms with Gasteiger partial charge in [0.05, 0.1) is 29.9 Å². The highest BCUT2D eigenvalue weighted by Gasteiger charge is 2.85. The summed E-state index contributed by atoms with van der Waals surface area (Å²) in [5, 5.41) is 21.4. The molecule has 5 aliphatic carbocycles. The number of hydrogen-bond donors (Lipinski definition) is 5. The van der Waals surface area contributed by atoms with Gasteiger partial charge in [-0.1, -0.05) is 41.5 Å². The van der Waals surface area contributed by atoms with Crippen molar-refractivity contribution in [1.82, 2.24) is 16.0 Å². The van der Waals surface area contributed by atoms with Crippen molar-refractivity contribution in [3.8, 4) is 0 Å². The number of carbonyl (C=O) groups is 2. The number of rotatable bonds is 6. The summed E-state index contributed by atoms with van der Waals surface area (Å²) in [4.78, 5) is 25.3. The van der Waals surface area contributed by atoms with Crippen molar-refractivity contribution in [3.63, 3.8) is 0 Å². The third-order valence-corrected chi connectivity index (χ3v) is 15.2. The standard InChI is InChI=1S/C36H60N4O6/c1-8-39-30(42)46-27(19(2)3)22-15-20(4)26-28(44-22)29(41)36(37)24-10-9-23-32(5,6)25(45-31(43)40-21-16-38-17-21)11-12-34(23)18-35(24,34)14-13-33(26,36)7/h19-29,38,41H,8-18,37H2,1-7H3,(H,39,42)(H,40,43)/t20-,22?,23+,24?,25+,26+,27-,28?,29+,33-,34-,35?,36+/m1/s1. The quantitative estimate of drug-likeness (QED) is 0.288. The lowest BCUT2D eigenvalue weighted by molar-refractivity contribution is -0.178. The predicted molar refractivity (Wildman–Crippen MR) is 174 cm³/mol. The molecule has 5 saturated carbocycles. The number of carbonyl (C=O) groups excluding carboxylic acids is 2. The van der Waals surface area contributed by atoms with E-state index in [0.29, 0.717) is 12.5 Å². The topological polar surface area (TPSA) is 144 Å². The van der Waals surface area contributed by atoms with Gasteiger partial charge < -0.3 is 41.0 Å². The first-order chi connectivity index (χ1) is 21.7. The average Bonchev–Trinajstić information content (AvgIpc) is 3.60. The zero-order valence-corrected chi connectivity index (χ0v) is 29.2. The number of nitrogens with one attached hydrogen (secondary N) is 3. The third-order valence-electron chi connectivity index (χ3n) is 15.2. The second-order valence-electron chi connectivity index (χ2n) is 17.7. The minimum Gasteiger partial charge on any atom is -0.446 e. The van der Waals surface area contributed by atoms with Crippen LogP contribution in [0, 0.1) is 51.2 Å². The summed E-state index contributed by atoms with van der Waals surface area (Å²) in [6.45, 7) is 17.4. The van der Waals surface area contributed by atoms with Crippen molar-refractivity contribution >= 4 is 12.2 Å². The summed E-state index contributed by atoms with van der Waals surface area (Å²) in [7, 11) is 0. The van der Waals surface area contributed by atoms with E-state index in [1.807, 2.05) is 6.92 Å². The largest absolute Gasteiger partial charge is 0.446 e. The second kappa shape index (κ2) is 10.9. The fourth-order valence-electron chi connectivity index (χ4n) is 13.0. The van der Waals surface area contributed by atoms with Crippen molar-refractivity contribution in [1.29, 1.82) is 0 Å². The van der Waals surface area contributed by atoms with E-state index in [0.717, 1.165) is 64.5 Å². The molecule has 0 aromatic rings. The maximum absolute atomic E-state index is 12.8. The molecule has 46 heavy (non-hydrogen) atoms. The smallest absolute Gasteiger partial charge is 0.407 e. The Bertz CT molecular complexity index is 1230. The Balaban J connectivity index is 1.12. The van der Waals surface area contributed by atoms with E-state index in [2.05, 4.69) is 57.5 Å². The maximum Gasteiger partial charge on any atom is 0.407 e. The Morgan fingerprint density at radius 1 is 1.04 bits per heavy atom. The van der Waals surface area contributed by atoms with E-state index in [1.54, 1.807) is 0 Å². The molecule has 7 aliphatic rings. The van der Waals surface area contributed by atoms with E-state index in [4.69, 9.17) is 19.9 Å². The van der Waals surface area contributed by atoms with E-state index in [1.165, 1.54) is 0 Å². The van der Waals surface area contributed by atoms with E-state index >= 15 is 0 Å². The van der Waals surface area contributed by atoms with Gasteiger partial charge in [-0.2, -0.15) is 0 Å². The molecule has 7 fully saturated rings. The van der Waals surface area contributed by atoms with Gasteiger partial charge >= 0.3 is 12.2 Å². The fourth-order valence-corrected chi connectivity index (χ4v) is 13.0. The van der Waals surface area contributed by atoms with Gasteiger partial charge in [0.15, 0.2) is 0 Å². The van der Waals surface area contributed by atoms with Crippen LogP contribution in [0.15, 0.2) is 0 Å². The SMILES string of the molecule is CCNC(=O)O[C@H](C(C)C)C1C[C@@H](C)[C@H]2C(O1)[C@H](O)[C@@]1(N)C3CC[C@H]4C(C)(C)[C@@H](OC(=O)NC5CNC5)CC[C@@]45CC35CC[C@]21C. The number of ether oxygens (including phenoxy) is 3. The molecule has 2 saturated heterocycles. The summed E-state index contributed by atoms with van der Waals surface area (Å²) in [6, 6.07) is 0.165. The van der Waals surface area contributed by atoms with Crippen LogP contribution in [0.2, 0.25) is 0 Å². The lowest BCUT2D eigenvalue weighted by Gasteiger charge is -2.63. The molecule has 2 spiro atoms. The molecule has 2 heterocycles. The van der Waals surface area contributed by atoms with Crippen LogP contribution in [0.5, 0.6) is 0 Å². The monoisotopic (exact) mass is 644 g/mol. The second-order valence-corrected chi connectivity index (χ2v) is 17.7. The van der Waals surface area contributed by atoms with Crippen LogP contribution in [0.1, 0.15) is 99.8 Å². The number of fused-ring (bicyclic) bond motifs is 4. The summed E-state index contributed by atoms with van der Waals surface area (Å²) >= 11 is 0. The molecule has 0 radical (unpaired) electrons. The Morgan fingerprint density at radius 2 is 1.74 bits per heavy atom.